The first-order chi connectivity index (χ1) is 8.12. The summed E-state index contributed by atoms with van der Waals surface area (Å²) in [6.45, 7) is 6.41. The molecule has 0 saturated carbocycles. The van der Waals surface area contributed by atoms with Crippen LogP contribution >= 0.6 is 11.6 Å². The molecule has 18 heavy (non-hydrogen) atoms. The molecule has 1 aromatic rings. The van der Waals surface area contributed by atoms with Crippen molar-refractivity contribution in [3.63, 3.8) is 0 Å². The largest absolute Gasteiger partial charge is 0.326 e. The van der Waals surface area contributed by atoms with Gasteiger partial charge in [0.2, 0.25) is 10.0 Å². The highest BCUT2D eigenvalue weighted by Gasteiger charge is 2.17. The lowest BCUT2D eigenvalue weighted by Crippen LogP contribution is -2.28. The Bertz CT molecular complexity index is 573. The van der Waals surface area contributed by atoms with Crippen molar-refractivity contribution in [2.75, 3.05) is 6.54 Å². The van der Waals surface area contributed by atoms with Crippen molar-refractivity contribution in [3.05, 3.63) is 27.6 Å². The van der Waals surface area contributed by atoms with Gasteiger partial charge in [0.05, 0.1) is 4.90 Å². The second-order valence-corrected chi connectivity index (χ2v) is 7.40. The van der Waals surface area contributed by atoms with Crippen molar-refractivity contribution in [3.8, 4) is 0 Å². The molecule has 0 saturated heterocycles. The van der Waals surface area contributed by atoms with Crippen LogP contribution < -0.4 is 10.3 Å². The highest BCUT2D eigenvalue weighted by Crippen LogP contribution is 2.18. The van der Waals surface area contributed by atoms with Crippen molar-refractivity contribution in [2.45, 2.75) is 32.1 Å². The van der Waals surface area contributed by atoms with Gasteiger partial charge in [0.15, 0.2) is 0 Å². The average molecular weight is 293 g/mol. The highest BCUT2D eigenvalue weighted by atomic mass is 35.5. The van der Waals surface area contributed by atoms with E-state index >= 15 is 0 Å². The highest BCUT2D eigenvalue weighted by molar-refractivity contribution is 7.89. The standard InChI is InChI=1S/C11H17ClN2O3S/c1-11(2,3)4-5-14-18(16,17)8-6-9(12)10(15)13-7-8/h6-7,14H,4-5H2,1-3H3,(H,13,15). The Kier molecular flexibility index (Phi) is 4.58. The Morgan fingerprint density at radius 2 is 2.00 bits per heavy atom. The number of H-pyrrole nitrogens is 1. The first-order valence-electron chi connectivity index (χ1n) is 5.50. The van der Waals surface area contributed by atoms with Crippen molar-refractivity contribution in [1.82, 2.24) is 9.71 Å². The molecule has 0 aliphatic rings. The summed E-state index contributed by atoms with van der Waals surface area (Å²) < 4.78 is 26.2. The van der Waals surface area contributed by atoms with Crippen LogP contribution in [0.25, 0.3) is 0 Å². The third-order valence-electron chi connectivity index (χ3n) is 2.31. The lowest BCUT2D eigenvalue weighted by molar-refractivity contribution is 0.378. The van der Waals surface area contributed by atoms with Crippen LogP contribution in [0.2, 0.25) is 5.02 Å². The van der Waals surface area contributed by atoms with E-state index in [1.54, 1.807) is 0 Å². The normalized spacial score (nSPS) is 12.7. The maximum absolute atomic E-state index is 11.9. The summed E-state index contributed by atoms with van der Waals surface area (Å²) in [5, 5.41) is -0.145. The van der Waals surface area contributed by atoms with Gasteiger partial charge in [-0.2, -0.15) is 0 Å². The molecule has 102 valence electrons. The molecule has 0 spiro atoms. The van der Waals surface area contributed by atoms with Crippen molar-refractivity contribution < 1.29 is 8.42 Å². The average Bonchev–Trinajstić information content (AvgIpc) is 2.19. The monoisotopic (exact) mass is 292 g/mol. The molecule has 0 unspecified atom stereocenters. The summed E-state index contributed by atoms with van der Waals surface area (Å²) in [5.74, 6) is 0. The smallest absolute Gasteiger partial charge is 0.266 e. The number of nitrogens with one attached hydrogen (secondary N) is 2. The molecule has 0 aromatic carbocycles. The molecule has 0 bridgehead atoms. The number of halogens is 1. The molecule has 0 aliphatic carbocycles. The number of pyridine rings is 1. The second kappa shape index (κ2) is 5.42. The molecule has 2 N–H and O–H groups in total. The number of hydrogen-bond acceptors (Lipinski definition) is 3. The second-order valence-electron chi connectivity index (χ2n) is 5.22. The third-order valence-corrected chi connectivity index (χ3v) is 4.03. The molecule has 1 heterocycles. The maximum Gasteiger partial charge on any atom is 0.266 e. The first-order valence-corrected chi connectivity index (χ1v) is 7.36. The SMILES string of the molecule is CC(C)(C)CCNS(=O)(=O)c1c[nH]c(=O)c(Cl)c1. The fourth-order valence-electron chi connectivity index (χ4n) is 1.24. The lowest BCUT2D eigenvalue weighted by atomic mass is 9.93. The minimum Gasteiger partial charge on any atom is -0.326 e. The third kappa shape index (κ3) is 4.44. The molecule has 7 heteroatoms. The van der Waals surface area contributed by atoms with Crippen LogP contribution in [-0.4, -0.2) is 19.9 Å². The minimum absolute atomic E-state index is 0.0407. The zero-order chi connectivity index (χ0) is 14.0. The van der Waals surface area contributed by atoms with Gasteiger partial charge >= 0.3 is 0 Å². The number of aromatic nitrogens is 1. The van der Waals surface area contributed by atoms with E-state index in [0.717, 1.165) is 12.3 Å². The van der Waals surface area contributed by atoms with Gasteiger partial charge in [-0.15, -0.1) is 0 Å². The molecular weight excluding hydrogens is 276 g/mol. The number of aromatic amines is 1. The summed E-state index contributed by atoms with van der Waals surface area (Å²) >= 11 is 5.59. The van der Waals surface area contributed by atoms with E-state index < -0.39 is 15.6 Å². The Morgan fingerprint density at radius 1 is 1.39 bits per heavy atom. The van der Waals surface area contributed by atoms with Gasteiger partial charge in [-0.05, 0) is 17.9 Å². The van der Waals surface area contributed by atoms with Crippen LogP contribution in [0.3, 0.4) is 0 Å². The summed E-state index contributed by atoms with van der Waals surface area (Å²) in [4.78, 5) is 13.3. The van der Waals surface area contributed by atoms with Crippen molar-refractivity contribution >= 4 is 21.6 Å². The molecule has 5 nitrogen and oxygen atoms in total. The molecule has 0 radical (unpaired) electrons. The molecule has 0 amide bonds. The van der Waals surface area contributed by atoms with Gasteiger partial charge in [-0.25, -0.2) is 13.1 Å². The number of hydrogen-bond donors (Lipinski definition) is 2. The predicted molar refractivity (Wildman–Crippen MR) is 71.3 cm³/mol. The molecule has 1 rings (SSSR count). The predicted octanol–water partition coefficient (Wildman–Crippen LogP) is 1.74. The summed E-state index contributed by atoms with van der Waals surface area (Å²) in [6.07, 6.45) is 1.84. The fraction of sp³-hybridized carbons (Fsp3) is 0.545. The van der Waals surface area contributed by atoms with E-state index in [1.807, 2.05) is 20.8 Å². The fourth-order valence-corrected chi connectivity index (χ4v) is 2.50. The first kappa shape index (κ1) is 15.2. The Hall–Kier alpha value is -0.850. The van der Waals surface area contributed by atoms with E-state index in [-0.39, 0.29) is 15.3 Å². The van der Waals surface area contributed by atoms with Gasteiger partial charge in [0.25, 0.3) is 5.56 Å². The van der Waals surface area contributed by atoms with E-state index in [4.69, 9.17) is 11.6 Å². The van der Waals surface area contributed by atoms with Crippen molar-refractivity contribution in [2.24, 2.45) is 5.41 Å². The van der Waals surface area contributed by atoms with Gasteiger partial charge < -0.3 is 4.98 Å². The number of rotatable bonds is 4. The van der Waals surface area contributed by atoms with Crippen LogP contribution in [0.4, 0.5) is 0 Å². The Balaban J connectivity index is 2.81. The van der Waals surface area contributed by atoms with Crippen LogP contribution in [0.15, 0.2) is 22.0 Å². The zero-order valence-corrected chi connectivity index (χ0v) is 12.2. The molecule has 0 atom stereocenters. The van der Waals surface area contributed by atoms with Crippen LogP contribution in [-0.2, 0) is 10.0 Å². The van der Waals surface area contributed by atoms with Crippen LogP contribution in [0.5, 0.6) is 0 Å². The van der Waals surface area contributed by atoms with E-state index in [2.05, 4.69) is 9.71 Å². The van der Waals surface area contributed by atoms with E-state index in [9.17, 15) is 13.2 Å². The van der Waals surface area contributed by atoms with E-state index in [1.165, 1.54) is 0 Å². The topological polar surface area (TPSA) is 79.0 Å². The van der Waals surface area contributed by atoms with Gasteiger partial charge in [0, 0.05) is 12.7 Å². The van der Waals surface area contributed by atoms with Crippen LogP contribution in [0.1, 0.15) is 27.2 Å². The Morgan fingerprint density at radius 3 is 2.50 bits per heavy atom. The maximum atomic E-state index is 11.9. The summed E-state index contributed by atoms with van der Waals surface area (Å²) in [5.41, 5.74) is -0.462. The van der Waals surface area contributed by atoms with Gasteiger partial charge in [-0.1, -0.05) is 32.4 Å². The summed E-state index contributed by atoms with van der Waals surface area (Å²) in [7, 11) is -3.63. The molecular formula is C11H17ClN2O3S. The molecule has 1 aromatic heterocycles. The van der Waals surface area contributed by atoms with Crippen LogP contribution in [0, 0.1) is 5.41 Å². The molecule has 0 fully saturated rings. The van der Waals surface area contributed by atoms with Crippen molar-refractivity contribution in [1.29, 1.82) is 0 Å². The lowest BCUT2D eigenvalue weighted by Gasteiger charge is -2.18. The van der Waals surface area contributed by atoms with E-state index in [0.29, 0.717) is 13.0 Å². The van der Waals surface area contributed by atoms with Gasteiger partial charge in [0.1, 0.15) is 5.02 Å². The Labute approximate surface area is 112 Å². The molecule has 0 aliphatic heterocycles. The minimum atomic E-state index is -3.63. The van der Waals surface area contributed by atoms with Gasteiger partial charge in [-0.3, -0.25) is 4.79 Å². The zero-order valence-electron chi connectivity index (χ0n) is 10.6. The quantitative estimate of drug-likeness (QED) is 0.887. The number of sulfonamides is 1. The summed E-state index contributed by atoms with van der Waals surface area (Å²) in [6, 6.07) is 1.14.